The predicted molar refractivity (Wildman–Crippen MR) is 156 cm³/mol. The number of amides is 1. The Balaban J connectivity index is 1.32. The zero-order valence-electron chi connectivity index (χ0n) is 22.5. The highest BCUT2D eigenvalue weighted by Crippen LogP contribution is 2.33. The van der Waals surface area contributed by atoms with E-state index in [1.165, 1.54) is 18.3 Å². The summed E-state index contributed by atoms with van der Waals surface area (Å²) >= 11 is 5.30. The second kappa shape index (κ2) is 14.0. The second-order valence-corrected chi connectivity index (χ2v) is 9.30. The van der Waals surface area contributed by atoms with Crippen LogP contribution < -0.4 is 25.5 Å². The van der Waals surface area contributed by atoms with Crippen LogP contribution in [-0.2, 0) is 20.9 Å². The third kappa shape index (κ3) is 8.12. The number of hydrazone groups is 1. The van der Waals surface area contributed by atoms with Crippen molar-refractivity contribution >= 4 is 35.4 Å². The number of hydrogen-bond acceptors (Lipinski definition) is 7. The molecule has 0 radical (unpaired) electrons. The molecule has 0 spiro atoms. The van der Waals surface area contributed by atoms with E-state index in [1.54, 1.807) is 74.5 Å². The van der Waals surface area contributed by atoms with Gasteiger partial charge in [-0.15, -0.1) is 0 Å². The third-order valence-corrected chi connectivity index (χ3v) is 6.17. The minimum atomic E-state index is -0.622. The fourth-order valence-electron chi connectivity index (χ4n) is 4.01. The zero-order valence-corrected chi connectivity index (χ0v) is 23.3. The van der Waals surface area contributed by atoms with E-state index in [4.69, 9.17) is 26.4 Å². The summed E-state index contributed by atoms with van der Waals surface area (Å²) in [4.78, 5) is 25.1. The van der Waals surface area contributed by atoms with Crippen molar-refractivity contribution in [1.82, 2.24) is 16.1 Å². The van der Waals surface area contributed by atoms with Crippen LogP contribution in [0, 0.1) is 5.82 Å². The van der Waals surface area contributed by atoms with Crippen molar-refractivity contribution in [1.29, 1.82) is 0 Å². The molecule has 1 heterocycles. The molecule has 3 aromatic carbocycles. The Bertz CT molecular complexity index is 1460. The van der Waals surface area contributed by atoms with E-state index in [-0.39, 0.29) is 19.0 Å². The number of nitrogens with zero attached hydrogens (tertiary/aromatic N) is 1. The number of halogens is 1. The van der Waals surface area contributed by atoms with Gasteiger partial charge in [0.2, 0.25) is 0 Å². The Hall–Kier alpha value is -4.77. The molecule has 41 heavy (non-hydrogen) atoms. The molecule has 4 rings (SSSR count). The lowest BCUT2D eigenvalue weighted by Crippen LogP contribution is -2.45. The van der Waals surface area contributed by atoms with Crippen molar-refractivity contribution in [3.8, 4) is 11.5 Å². The molecule has 9 nitrogen and oxygen atoms in total. The minimum absolute atomic E-state index is 0.223. The van der Waals surface area contributed by atoms with Crippen LogP contribution in [0.5, 0.6) is 11.5 Å². The number of carbonyl (C=O) groups is 2. The van der Waals surface area contributed by atoms with E-state index < -0.39 is 17.9 Å². The standard InChI is InChI=1S/C30H29FN4O5S/c1-3-38-29(37)27-19(2)33-30(41)34-28(27)24-6-4-5-7-25(24)40-18-26(36)35-32-16-20-10-14-23(15-11-20)39-17-21-8-12-22(31)13-9-21/h4-16,28H,3,17-18H2,1-2H3,(H,35,36)(H2,33,34,41)/t28-/m0/s1. The summed E-state index contributed by atoms with van der Waals surface area (Å²) in [7, 11) is 0. The van der Waals surface area contributed by atoms with Gasteiger partial charge in [-0.1, -0.05) is 30.3 Å². The van der Waals surface area contributed by atoms with Crippen molar-refractivity contribution in [3.05, 3.63) is 107 Å². The first-order valence-electron chi connectivity index (χ1n) is 12.8. The second-order valence-electron chi connectivity index (χ2n) is 8.89. The maximum absolute atomic E-state index is 13.0. The summed E-state index contributed by atoms with van der Waals surface area (Å²) in [5.74, 6) is -0.201. The first kappa shape index (κ1) is 29.2. The van der Waals surface area contributed by atoms with Crippen LogP contribution in [0.2, 0.25) is 0 Å². The van der Waals surface area contributed by atoms with Gasteiger partial charge < -0.3 is 24.8 Å². The molecule has 0 aromatic heterocycles. The quantitative estimate of drug-likeness (QED) is 0.134. The lowest BCUT2D eigenvalue weighted by Gasteiger charge is -2.30. The summed E-state index contributed by atoms with van der Waals surface area (Å²) in [5, 5.41) is 10.4. The van der Waals surface area contributed by atoms with Gasteiger partial charge in [0.05, 0.1) is 24.4 Å². The highest BCUT2D eigenvalue weighted by atomic mass is 32.1. The third-order valence-electron chi connectivity index (χ3n) is 5.96. The zero-order chi connectivity index (χ0) is 29.2. The van der Waals surface area contributed by atoms with E-state index in [0.717, 1.165) is 11.1 Å². The minimum Gasteiger partial charge on any atom is -0.489 e. The number of allylic oxidation sites excluding steroid dienone is 1. The Morgan fingerprint density at radius 3 is 2.51 bits per heavy atom. The molecule has 1 aliphatic rings. The van der Waals surface area contributed by atoms with Crippen LogP contribution in [0.4, 0.5) is 4.39 Å². The smallest absolute Gasteiger partial charge is 0.338 e. The summed E-state index contributed by atoms with van der Waals surface area (Å²) in [6.07, 6.45) is 1.49. The summed E-state index contributed by atoms with van der Waals surface area (Å²) in [6.45, 7) is 3.71. The number of para-hydroxylation sites is 1. The van der Waals surface area contributed by atoms with Crippen LogP contribution >= 0.6 is 12.2 Å². The fourth-order valence-corrected chi connectivity index (χ4v) is 4.28. The Morgan fingerprint density at radius 1 is 1.05 bits per heavy atom. The first-order valence-corrected chi connectivity index (χ1v) is 13.2. The Morgan fingerprint density at radius 2 is 1.78 bits per heavy atom. The first-order chi connectivity index (χ1) is 19.8. The van der Waals surface area contributed by atoms with E-state index in [2.05, 4.69) is 21.2 Å². The van der Waals surface area contributed by atoms with Crippen molar-refractivity contribution in [3.63, 3.8) is 0 Å². The molecule has 0 saturated heterocycles. The maximum atomic E-state index is 13.0. The SMILES string of the molecule is CCOC(=O)C1=C(C)NC(=S)N[C@H]1c1ccccc1OCC(=O)NN=Cc1ccc(OCc2ccc(F)cc2)cc1. The summed E-state index contributed by atoms with van der Waals surface area (Å²) in [6, 6.07) is 19.7. The molecule has 0 aliphatic carbocycles. The molecular formula is C30H29FN4O5S. The lowest BCUT2D eigenvalue weighted by molar-refractivity contribution is -0.139. The average molecular weight is 577 g/mol. The highest BCUT2D eigenvalue weighted by molar-refractivity contribution is 7.80. The molecule has 1 atom stereocenters. The van der Waals surface area contributed by atoms with E-state index >= 15 is 0 Å². The van der Waals surface area contributed by atoms with Gasteiger partial charge in [0, 0.05) is 11.3 Å². The van der Waals surface area contributed by atoms with E-state index in [9.17, 15) is 14.0 Å². The van der Waals surface area contributed by atoms with E-state index in [1.807, 2.05) is 0 Å². The van der Waals surface area contributed by atoms with Gasteiger partial charge in [0.15, 0.2) is 11.7 Å². The fraction of sp³-hybridized carbons (Fsp3) is 0.200. The molecular weight excluding hydrogens is 547 g/mol. The molecule has 0 unspecified atom stereocenters. The molecule has 0 bridgehead atoms. The summed E-state index contributed by atoms with van der Waals surface area (Å²) < 4.78 is 29.8. The van der Waals surface area contributed by atoms with Crippen LogP contribution in [0.3, 0.4) is 0 Å². The molecule has 1 aliphatic heterocycles. The van der Waals surface area contributed by atoms with Crippen molar-refractivity contribution in [2.45, 2.75) is 26.5 Å². The molecule has 0 fully saturated rings. The van der Waals surface area contributed by atoms with Crippen molar-refractivity contribution < 1.29 is 28.2 Å². The molecule has 0 saturated carbocycles. The lowest BCUT2D eigenvalue weighted by atomic mass is 9.95. The normalized spacial score (nSPS) is 14.7. The average Bonchev–Trinajstić information content (AvgIpc) is 2.96. The van der Waals surface area contributed by atoms with E-state index in [0.29, 0.717) is 40.1 Å². The van der Waals surface area contributed by atoms with Gasteiger partial charge in [0.1, 0.15) is 23.9 Å². The Kier molecular flexibility index (Phi) is 10.0. The van der Waals surface area contributed by atoms with Gasteiger partial charge >= 0.3 is 5.97 Å². The van der Waals surface area contributed by atoms with Crippen LogP contribution in [0.25, 0.3) is 0 Å². The number of nitrogens with one attached hydrogen (secondary N) is 3. The van der Waals surface area contributed by atoms with Gasteiger partial charge in [-0.25, -0.2) is 14.6 Å². The number of ether oxygens (including phenoxy) is 3. The van der Waals surface area contributed by atoms with Crippen molar-refractivity contribution in [2.75, 3.05) is 13.2 Å². The topological polar surface area (TPSA) is 110 Å². The number of esters is 1. The Labute approximate surface area is 242 Å². The van der Waals surface area contributed by atoms with Gasteiger partial charge in [-0.3, -0.25) is 4.79 Å². The van der Waals surface area contributed by atoms with Gasteiger partial charge in [-0.2, -0.15) is 5.10 Å². The van der Waals surface area contributed by atoms with Crippen LogP contribution in [-0.4, -0.2) is 36.4 Å². The molecule has 3 N–H and O–H groups in total. The van der Waals surface area contributed by atoms with Gasteiger partial charge in [0.25, 0.3) is 5.91 Å². The number of carbonyl (C=O) groups excluding carboxylic acids is 2. The number of rotatable bonds is 11. The summed E-state index contributed by atoms with van der Waals surface area (Å²) in [5.41, 5.74) is 5.60. The van der Waals surface area contributed by atoms with Crippen LogP contribution in [0.1, 0.15) is 36.6 Å². The number of hydrogen-bond donors (Lipinski definition) is 3. The molecule has 11 heteroatoms. The predicted octanol–water partition coefficient (Wildman–Crippen LogP) is 4.29. The number of benzene rings is 3. The maximum Gasteiger partial charge on any atom is 0.338 e. The monoisotopic (exact) mass is 576 g/mol. The molecule has 212 valence electrons. The van der Waals surface area contributed by atoms with Crippen LogP contribution in [0.15, 0.2) is 89.2 Å². The highest BCUT2D eigenvalue weighted by Gasteiger charge is 2.32. The molecule has 3 aromatic rings. The molecule has 1 amide bonds. The number of thiocarbonyl (C=S) groups is 1. The van der Waals surface area contributed by atoms with Gasteiger partial charge in [-0.05, 0) is 79.7 Å². The van der Waals surface area contributed by atoms with Crippen molar-refractivity contribution in [2.24, 2.45) is 5.10 Å². The largest absolute Gasteiger partial charge is 0.489 e.